The lowest BCUT2D eigenvalue weighted by molar-refractivity contribution is 0.481. The number of rotatable bonds is 3. The van der Waals surface area contributed by atoms with Crippen LogP contribution in [-0.4, -0.2) is 13.0 Å². The van der Waals surface area contributed by atoms with Gasteiger partial charge in [0.25, 0.3) is 10.1 Å². The average Bonchev–Trinajstić information content (AvgIpc) is 2.14. The van der Waals surface area contributed by atoms with Crippen molar-refractivity contribution in [1.29, 1.82) is 0 Å². The summed E-state index contributed by atoms with van der Waals surface area (Å²) < 4.78 is 31.7. The fourth-order valence-electron chi connectivity index (χ4n) is 1.74. The highest BCUT2D eigenvalue weighted by Gasteiger charge is 2.20. The first-order valence-corrected chi connectivity index (χ1v) is 6.45. The van der Waals surface area contributed by atoms with Gasteiger partial charge in [-0.3, -0.25) is 4.55 Å². The Kier molecular flexibility index (Phi) is 3.55. The van der Waals surface area contributed by atoms with E-state index in [-0.39, 0.29) is 10.8 Å². The van der Waals surface area contributed by atoms with Gasteiger partial charge in [-0.1, -0.05) is 38.1 Å². The largest absolute Gasteiger partial charge is 0.294 e. The summed E-state index contributed by atoms with van der Waals surface area (Å²) in [5, 5.41) is 0. The smallest absolute Gasteiger partial charge is 0.282 e. The van der Waals surface area contributed by atoms with Crippen LogP contribution in [0.5, 0.6) is 0 Å². The van der Waals surface area contributed by atoms with Gasteiger partial charge in [-0.05, 0) is 30.0 Å². The van der Waals surface area contributed by atoms with E-state index >= 15 is 0 Å². The van der Waals surface area contributed by atoms with Gasteiger partial charge >= 0.3 is 0 Å². The van der Waals surface area contributed by atoms with E-state index in [9.17, 15) is 8.42 Å². The van der Waals surface area contributed by atoms with E-state index in [2.05, 4.69) is 6.58 Å². The molecule has 0 bridgehead atoms. The van der Waals surface area contributed by atoms with Gasteiger partial charge in [-0.2, -0.15) is 8.42 Å². The molecule has 3 nitrogen and oxygen atoms in total. The predicted molar refractivity (Wildman–Crippen MR) is 65.1 cm³/mol. The minimum absolute atomic E-state index is 0.00447. The zero-order chi connectivity index (χ0) is 12.5. The van der Waals surface area contributed by atoms with Crippen molar-refractivity contribution in [3.05, 3.63) is 35.9 Å². The predicted octanol–water partition coefficient (Wildman–Crippen LogP) is 3.09. The Hall–Kier alpha value is -1.13. The second kappa shape index (κ2) is 4.39. The third-order valence-corrected chi connectivity index (χ3v) is 3.29. The van der Waals surface area contributed by atoms with Gasteiger partial charge in [0.05, 0.1) is 4.90 Å². The average molecular weight is 240 g/mol. The normalized spacial score (nSPS) is 11.8. The second-order valence-corrected chi connectivity index (χ2v) is 5.52. The molecule has 1 aromatic carbocycles. The standard InChI is InChI=1S/C12H16O3S/c1-8(2)10-6-5-7-11(16(13,14)15)12(10)9(3)4/h5-7,9H,1H2,2-4H3,(H,13,14,15). The highest BCUT2D eigenvalue weighted by Crippen LogP contribution is 2.30. The molecule has 0 saturated heterocycles. The Morgan fingerprint density at radius 3 is 2.31 bits per heavy atom. The summed E-state index contributed by atoms with van der Waals surface area (Å²) in [6, 6.07) is 4.84. The summed E-state index contributed by atoms with van der Waals surface area (Å²) in [7, 11) is -4.18. The van der Waals surface area contributed by atoms with E-state index in [0.717, 1.165) is 11.1 Å². The van der Waals surface area contributed by atoms with Crippen molar-refractivity contribution < 1.29 is 13.0 Å². The molecule has 4 heteroatoms. The molecular formula is C12H16O3S. The number of allylic oxidation sites excluding steroid dienone is 1. The van der Waals surface area contributed by atoms with Crippen LogP contribution in [0.25, 0.3) is 5.57 Å². The van der Waals surface area contributed by atoms with E-state index < -0.39 is 10.1 Å². The van der Waals surface area contributed by atoms with E-state index in [4.69, 9.17) is 4.55 Å². The highest BCUT2D eigenvalue weighted by atomic mass is 32.2. The van der Waals surface area contributed by atoms with Gasteiger partial charge in [0.2, 0.25) is 0 Å². The monoisotopic (exact) mass is 240 g/mol. The van der Waals surface area contributed by atoms with Crippen molar-refractivity contribution in [2.24, 2.45) is 0 Å². The third kappa shape index (κ3) is 2.51. The number of hydrogen-bond acceptors (Lipinski definition) is 2. The molecule has 0 unspecified atom stereocenters. The number of hydrogen-bond donors (Lipinski definition) is 1. The third-order valence-electron chi connectivity index (χ3n) is 2.38. The highest BCUT2D eigenvalue weighted by molar-refractivity contribution is 7.85. The quantitative estimate of drug-likeness (QED) is 0.826. The molecule has 0 fully saturated rings. The van der Waals surface area contributed by atoms with Crippen LogP contribution in [0.4, 0.5) is 0 Å². The second-order valence-electron chi connectivity index (χ2n) is 4.13. The maximum atomic E-state index is 11.3. The first-order valence-electron chi connectivity index (χ1n) is 5.01. The topological polar surface area (TPSA) is 54.4 Å². The summed E-state index contributed by atoms with van der Waals surface area (Å²) >= 11 is 0. The summed E-state index contributed by atoms with van der Waals surface area (Å²) in [5.41, 5.74) is 2.19. The van der Waals surface area contributed by atoms with Crippen molar-refractivity contribution in [2.75, 3.05) is 0 Å². The molecule has 1 aromatic rings. The van der Waals surface area contributed by atoms with Crippen molar-refractivity contribution in [1.82, 2.24) is 0 Å². The van der Waals surface area contributed by atoms with Gasteiger partial charge in [0.15, 0.2) is 0 Å². The van der Waals surface area contributed by atoms with E-state index in [1.54, 1.807) is 6.07 Å². The fraction of sp³-hybridized carbons (Fsp3) is 0.333. The Morgan fingerprint density at radius 2 is 1.94 bits per heavy atom. The molecule has 1 rings (SSSR count). The van der Waals surface area contributed by atoms with Crippen LogP contribution in [0.1, 0.15) is 37.8 Å². The van der Waals surface area contributed by atoms with Crippen molar-refractivity contribution in [3.63, 3.8) is 0 Å². The van der Waals surface area contributed by atoms with Crippen LogP contribution in [0, 0.1) is 0 Å². The molecule has 0 aliphatic rings. The lowest BCUT2D eigenvalue weighted by Gasteiger charge is -2.16. The van der Waals surface area contributed by atoms with Crippen LogP contribution >= 0.6 is 0 Å². The van der Waals surface area contributed by atoms with Gasteiger partial charge in [0, 0.05) is 0 Å². The molecule has 0 saturated carbocycles. The van der Waals surface area contributed by atoms with Crippen LogP contribution in [-0.2, 0) is 10.1 Å². The Bertz CT molecular complexity index is 513. The zero-order valence-corrected chi connectivity index (χ0v) is 10.5. The molecule has 88 valence electrons. The zero-order valence-electron chi connectivity index (χ0n) is 9.69. The van der Waals surface area contributed by atoms with E-state index in [1.165, 1.54) is 6.07 Å². The van der Waals surface area contributed by atoms with Crippen LogP contribution in [0.15, 0.2) is 29.7 Å². The van der Waals surface area contributed by atoms with E-state index in [0.29, 0.717) is 5.56 Å². The van der Waals surface area contributed by atoms with Gasteiger partial charge in [0.1, 0.15) is 0 Å². The van der Waals surface area contributed by atoms with Gasteiger partial charge in [-0.15, -0.1) is 0 Å². The molecule has 0 aromatic heterocycles. The maximum absolute atomic E-state index is 11.3. The molecule has 0 radical (unpaired) electrons. The molecule has 16 heavy (non-hydrogen) atoms. The lowest BCUT2D eigenvalue weighted by atomic mass is 9.94. The van der Waals surface area contributed by atoms with Gasteiger partial charge in [-0.25, -0.2) is 0 Å². The Morgan fingerprint density at radius 1 is 1.38 bits per heavy atom. The van der Waals surface area contributed by atoms with E-state index in [1.807, 2.05) is 26.8 Å². The molecule has 1 N–H and O–H groups in total. The molecular weight excluding hydrogens is 224 g/mol. The summed E-state index contributed by atoms with van der Waals surface area (Å²) in [6.45, 7) is 9.40. The molecule has 0 aliphatic heterocycles. The summed E-state index contributed by atoms with van der Waals surface area (Å²) in [6.07, 6.45) is 0. The maximum Gasteiger partial charge on any atom is 0.294 e. The molecule has 0 amide bonds. The molecule has 0 spiro atoms. The Labute approximate surface area is 96.6 Å². The molecule has 0 atom stereocenters. The van der Waals surface area contributed by atoms with Crippen LogP contribution in [0.3, 0.4) is 0 Å². The summed E-state index contributed by atoms with van der Waals surface area (Å²) in [4.78, 5) is -0.0250. The molecule has 0 aliphatic carbocycles. The van der Waals surface area contributed by atoms with Gasteiger partial charge < -0.3 is 0 Å². The minimum atomic E-state index is -4.18. The summed E-state index contributed by atoms with van der Waals surface area (Å²) in [5.74, 6) is 0.00447. The van der Waals surface area contributed by atoms with Crippen LogP contribution < -0.4 is 0 Å². The first-order chi connectivity index (χ1) is 7.25. The van der Waals surface area contributed by atoms with Crippen LogP contribution in [0.2, 0.25) is 0 Å². The minimum Gasteiger partial charge on any atom is -0.282 e. The first kappa shape index (κ1) is 12.9. The van der Waals surface area contributed by atoms with Crippen molar-refractivity contribution in [2.45, 2.75) is 31.6 Å². The van der Waals surface area contributed by atoms with Crippen molar-refractivity contribution in [3.8, 4) is 0 Å². The SMILES string of the molecule is C=C(C)c1cccc(S(=O)(=O)O)c1C(C)C. The fourth-order valence-corrected chi connectivity index (χ4v) is 2.61. The lowest BCUT2D eigenvalue weighted by Crippen LogP contribution is -2.07. The van der Waals surface area contributed by atoms with Crippen molar-refractivity contribution >= 4 is 15.7 Å². The number of benzene rings is 1. The molecule has 0 heterocycles. The Balaban J connectivity index is 3.65.